The van der Waals surface area contributed by atoms with Gasteiger partial charge in [-0.3, -0.25) is 4.79 Å². The van der Waals surface area contributed by atoms with Gasteiger partial charge in [0.05, 0.1) is 23.1 Å². The SMILES string of the molecule is O=C(O)CC(O)CNc1ccc(Cl)c(C(F)(F)F)c1. The number of aliphatic hydroxyl groups excluding tert-OH is 1. The summed E-state index contributed by atoms with van der Waals surface area (Å²) in [6.07, 6.45) is -6.26. The minimum absolute atomic E-state index is 0.0983. The first-order valence-corrected chi connectivity index (χ1v) is 5.58. The number of nitrogens with one attached hydrogen (secondary N) is 1. The smallest absolute Gasteiger partial charge is 0.417 e. The van der Waals surface area contributed by atoms with Crippen molar-refractivity contribution in [2.75, 3.05) is 11.9 Å². The van der Waals surface area contributed by atoms with E-state index in [0.29, 0.717) is 0 Å². The molecule has 106 valence electrons. The molecule has 0 heterocycles. The molecule has 1 rings (SSSR count). The minimum atomic E-state index is -4.57. The van der Waals surface area contributed by atoms with Gasteiger partial charge in [0.25, 0.3) is 0 Å². The molecule has 0 saturated carbocycles. The topological polar surface area (TPSA) is 69.6 Å². The number of carbonyl (C=O) groups is 1. The van der Waals surface area contributed by atoms with Crippen molar-refractivity contribution in [2.24, 2.45) is 0 Å². The molecule has 1 unspecified atom stereocenters. The summed E-state index contributed by atoms with van der Waals surface area (Å²) in [5.74, 6) is -1.19. The second-order valence-electron chi connectivity index (χ2n) is 3.82. The van der Waals surface area contributed by atoms with Gasteiger partial charge in [0.1, 0.15) is 0 Å². The van der Waals surface area contributed by atoms with Crippen molar-refractivity contribution in [3.05, 3.63) is 28.8 Å². The van der Waals surface area contributed by atoms with Gasteiger partial charge in [-0.15, -0.1) is 0 Å². The van der Waals surface area contributed by atoms with Gasteiger partial charge in [0.2, 0.25) is 0 Å². The zero-order valence-electron chi connectivity index (χ0n) is 9.54. The highest BCUT2D eigenvalue weighted by Gasteiger charge is 2.33. The Balaban J connectivity index is 2.73. The van der Waals surface area contributed by atoms with Crippen LogP contribution in [-0.4, -0.2) is 28.8 Å². The van der Waals surface area contributed by atoms with Crippen molar-refractivity contribution in [3.63, 3.8) is 0 Å². The van der Waals surface area contributed by atoms with Crippen LogP contribution in [0.15, 0.2) is 18.2 Å². The van der Waals surface area contributed by atoms with E-state index in [0.717, 1.165) is 12.1 Å². The average Bonchev–Trinajstić information content (AvgIpc) is 2.25. The molecule has 4 nitrogen and oxygen atoms in total. The number of anilines is 1. The molecular formula is C11H11ClF3NO3. The summed E-state index contributed by atoms with van der Waals surface area (Å²) in [5, 5.41) is 19.8. The maximum Gasteiger partial charge on any atom is 0.417 e. The molecule has 0 amide bonds. The van der Waals surface area contributed by atoms with E-state index >= 15 is 0 Å². The van der Waals surface area contributed by atoms with Crippen molar-refractivity contribution >= 4 is 23.3 Å². The van der Waals surface area contributed by atoms with Crippen LogP contribution in [0, 0.1) is 0 Å². The maximum absolute atomic E-state index is 12.6. The summed E-state index contributed by atoms with van der Waals surface area (Å²) >= 11 is 5.44. The summed E-state index contributed by atoms with van der Waals surface area (Å²) < 4.78 is 37.7. The van der Waals surface area contributed by atoms with Gasteiger partial charge in [-0.25, -0.2) is 0 Å². The van der Waals surface area contributed by atoms with Gasteiger partial charge in [0.15, 0.2) is 0 Å². The van der Waals surface area contributed by atoms with E-state index in [1.54, 1.807) is 0 Å². The van der Waals surface area contributed by atoms with E-state index in [9.17, 15) is 23.1 Å². The fourth-order valence-electron chi connectivity index (χ4n) is 1.36. The van der Waals surface area contributed by atoms with E-state index in [4.69, 9.17) is 16.7 Å². The molecule has 1 aromatic carbocycles. The van der Waals surface area contributed by atoms with E-state index in [-0.39, 0.29) is 12.2 Å². The molecule has 0 spiro atoms. The number of benzene rings is 1. The molecule has 0 bridgehead atoms. The molecule has 8 heteroatoms. The fourth-order valence-corrected chi connectivity index (χ4v) is 1.59. The van der Waals surface area contributed by atoms with Gasteiger partial charge >= 0.3 is 12.1 Å². The molecule has 1 atom stereocenters. The number of hydrogen-bond acceptors (Lipinski definition) is 3. The summed E-state index contributed by atoms with van der Waals surface area (Å²) in [7, 11) is 0. The van der Waals surface area contributed by atoms with Crippen LogP contribution < -0.4 is 5.32 Å². The molecule has 0 saturated heterocycles. The average molecular weight is 298 g/mol. The van der Waals surface area contributed by atoms with Crippen molar-refractivity contribution in [2.45, 2.75) is 18.7 Å². The molecule has 0 aromatic heterocycles. The predicted molar refractivity (Wildman–Crippen MR) is 63.2 cm³/mol. The van der Waals surface area contributed by atoms with Crippen molar-refractivity contribution < 1.29 is 28.2 Å². The zero-order chi connectivity index (χ0) is 14.6. The lowest BCUT2D eigenvalue weighted by atomic mass is 10.2. The van der Waals surface area contributed by atoms with Gasteiger partial charge in [-0.2, -0.15) is 13.2 Å². The molecule has 19 heavy (non-hydrogen) atoms. The van der Waals surface area contributed by atoms with E-state index in [1.165, 1.54) is 6.07 Å². The number of hydrogen-bond donors (Lipinski definition) is 3. The van der Waals surface area contributed by atoms with E-state index in [2.05, 4.69) is 5.32 Å². The number of carboxylic acid groups (broad SMARTS) is 1. The highest BCUT2D eigenvalue weighted by molar-refractivity contribution is 6.31. The lowest BCUT2D eigenvalue weighted by molar-refractivity contribution is -0.139. The standard InChI is InChI=1S/C11H11ClF3NO3/c12-9-2-1-6(3-8(9)11(13,14)15)16-5-7(17)4-10(18)19/h1-3,7,16-17H,4-5H2,(H,18,19). The Bertz CT molecular complexity index is 465. The minimum Gasteiger partial charge on any atom is -0.481 e. The van der Waals surface area contributed by atoms with Crippen LogP contribution in [-0.2, 0) is 11.0 Å². The van der Waals surface area contributed by atoms with Crippen LogP contribution >= 0.6 is 11.6 Å². The highest BCUT2D eigenvalue weighted by Crippen LogP contribution is 2.36. The zero-order valence-corrected chi connectivity index (χ0v) is 10.3. The number of carboxylic acids is 1. The van der Waals surface area contributed by atoms with Gasteiger partial charge < -0.3 is 15.5 Å². The van der Waals surface area contributed by atoms with Crippen LogP contribution in [0.5, 0.6) is 0 Å². The second kappa shape index (κ2) is 6.12. The van der Waals surface area contributed by atoms with Gasteiger partial charge in [-0.05, 0) is 18.2 Å². The number of rotatable bonds is 5. The van der Waals surface area contributed by atoms with Crippen LogP contribution in [0.2, 0.25) is 5.02 Å². The summed E-state index contributed by atoms with van der Waals surface area (Å²) in [4.78, 5) is 10.3. The summed E-state index contributed by atoms with van der Waals surface area (Å²) in [6.45, 7) is -0.175. The third kappa shape index (κ3) is 4.96. The molecular weight excluding hydrogens is 287 g/mol. The molecule has 0 aliphatic rings. The Morgan fingerprint density at radius 2 is 2.05 bits per heavy atom. The first-order chi connectivity index (χ1) is 8.70. The Morgan fingerprint density at radius 1 is 1.42 bits per heavy atom. The molecule has 3 N–H and O–H groups in total. The lowest BCUT2D eigenvalue weighted by Crippen LogP contribution is -2.22. The first kappa shape index (κ1) is 15.6. The number of aliphatic carboxylic acids is 1. The van der Waals surface area contributed by atoms with Gasteiger partial charge in [-0.1, -0.05) is 11.6 Å². The normalized spacial score (nSPS) is 13.1. The Labute approximate surface area is 111 Å². The Kier molecular flexibility index (Phi) is 5.02. The second-order valence-corrected chi connectivity index (χ2v) is 4.23. The Hall–Kier alpha value is -1.47. The predicted octanol–water partition coefficient (Wildman–Crippen LogP) is 2.61. The quantitative estimate of drug-likeness (QED) is 0.781. The first-order valence-electron chi connectivity index (χ1n) is 5.20. The molecule has 0 aliphatic carbocycles. The monoisotopic (exact) mass is 297 g/mol. The van der Waals surface area contributed by atoms with E-state index < -0.39 is 35.3 Å². The number of alkyl halides is 3. The fraction of sp³-hybridized carbons (Fsp3) is 0.364. The summed E-state index contributed by atoms with van der Waals surface area (Å²) in [5.41, 5.74) is -0.895. The maximum atomic E-state index is 12.6. The molecule has 0 aliphatic heterocycles. The number of halogens is 4. The third-order valence-electron chi connectivity index (χ3n) is 2.22. The van der Waals surface area contributed by atoms with Crippen molar-refractivity contribution in [1.29, 1.82) is 0 Å². The number of aliphatic hydroxyl groups is 1. The van der Waals surface area contributed by atoms with Gasteiger partial charge in [0, 0.05) is 12.2 Å². The third-order valence-corrected chi connectivity index (χ3v) is 2.55. The van der Waals surface area contributed by atoms with E-state index in [1.807, 2.05) is 0 Å². The van der Waals surface area contributed by atoms with Crippen LogP contribution in [0.1, 0.15) is 12.0 Å². The molecule has 0 fully saturated rings. The largest absolute Gasteiger partial charge is 0.481 e. The van der Waals surface area contributed by atoms with Crippen LogP contribution in [0.4, 0.5) is 18.9 Å². The molecule has 0 radical (unpaired) electrons. The highest BCUT2D eigenvalue weighted by atomic mass is 35.5. The lowest BCUT2D eigenvalue weighted by Gasteiger charge is -2.14. The van der Waals surface area contributed by atoms with Crippen molar-refractivity contribution in [1.82, 2.24) is 0 Å². The Morgan fingerprint density at radius 3 is 2.58 bits per heavy atom. The summed E-state index contributed by atoms with van der Waals surface area (Å²) in [6, 6.07) is 3.19. The molecule has 1 aromatic rings. The van der Waals surface area contributed by atoms with Crippen molar-refractivity contribution in [3.8, 4) is 0 Å². The van der Waals surface area contributed by atoms with Crippen LogP contribution in [0.25, 0.3) is 0 Å². The van der Waals surface area contributed by atoms with Crippen LogP contribution in [0.3, 0.4) is 0 Å².